The summed E-state index contributed by atoms with van der Waals surface area (Å²) < 4.78 is 5.27. The van der Waals surface area contributed by atoms with Gasteiger partial charge in [-0.1, -0.05) is 18.2 Å². The number of hydrogen-bond acceptors (Lipinski definition) is 3. The molecule has 2 fully saturated rings. The Morgan fingerprint density at radius 1 is 1.11 bits per heavy atom. The number of rotatable bonds is 5. The number of fused-ring (bicyclic) bond motifs is 1. The Kier molecular flexibility index (Phi) is 7.57. The van der Waals surface area contributed by atoms with Crippen molar-refractivity contribution in [2.24, 2.45) is 11.8 Å². The highest BCUT2D eigenvalue weighted by molar-refractivity contribution is 6.01. The van der Waals surface area contributed by atoms with Crippen molar-refractivity contribution in [1.82, 2.24) is 4.90 Å². The molecule has 0 bridgehead atoms. The van der Waals surface area contributed by atoms with Crippen molar-refractivity contribution < 1.29 is 15.0 Å². The van der Waals surface area contributed by atoms with Gasteiger partial charge in [-0.05, 0) is 67.1 Å². The lowest BCUT2D eigenvalue weighted by Crippen LogP contribution is -2.39. The topological polar surface area (TPSA) is 61.0 Å². The molecule has 0 spiro atoms. The number of methoxy groups -OCH3 is 1. The normalized spacial score (nSPS) is 19.5. The fourth-order valence-electron chi connectivity index (χ4n) is 3.84. The molecule has 2 aromatic carbocycles. The maximum absolute atomic E-state index is 13.0. The number of ether oxygens (including phenoxy) is 1. The van der Waals surface area contributed by atoms with Gasteiger partial charge < -0.3 is 15.1 Å². The highest BCUT2D eigenvalue weighted by atomic mass is 16.5. The zero-order valence-corrected chi connectivity index (χ0v) is 16.2. The first-order valence-electron chi connectivity index (χ1n) is 9.57. The Labute approximate surface area is 162 Å². The van der Waals surface area contributed by atoms with E-state index in [9.17, 15) is 4.79 Å². The van der Waals surface area contributed by atoms with Crippen LogP contribution in [0.1, 0.15) is 36.0 Å². The van der Waals surface area contributed by atoms with Gasteiger partial charge in [0, 0.05) is 24.6 Å². The van der Waals surface area contributed by atoms with Gasteiger partial charge in [-0.25, -0.2) is 0 Å². The molecule has 1 unspecified atom stereocenters. The molecule has 1 heterocycles. The summed E-state index contributed by atoms with van der Waals surface area (Å²) >= 11 is 0. The third-order valence-electron chi connectivity index (χ3n) is 5.42. The Morgan fingerprint density at radius 2 is 1.81 bits per heavy atom. The average molecular weight is 370 g/mol. The van der Waals surface area contributed by atoms with E-state index in [1.54, 1.807) is 7.11 Å². The monoisotopic (exact) mass is 369 g/mol. The van der Waals surface area contributed by atoms with Crippen LogP contribution in [0.4, 0.5) is 0 Å². The summed E-state index contributed by atoms with van der Waals surface area (Å²) in [5.41, 5.74) is 0.853. The van der Waals surface area contributed by atoms with Crippen molar-refractivity contribution in [2.75, 3.05) is 26.7 Å². The minimum absolute atomic E-state index is 0. The summed E-state index contributed by atoms with van der Waals surface area (Å²) in [6.45, 7) is 9.30. The highest BCUT2D eigenvalue weighted by Crippen LogP contribution is 2.32. The zero-order valence-electron chi connectivity index (χ0n) is 16.2. The lowest BCUT2D eigenvalue weighted by molar-refractivity contribution is 0.0815. The van der Waals surface area contributed by atoms with Crippen LogP contribution in [-0.4, -0.2) is 42.9 Å². The number of carbonyl (C=O) groups excluding carboxylic acids is 1. The van der Waals surface area contributed by atoms with Crippen molar-refractivity contribution in [3.05, 3.63) is 55.1 Å². The second-order valence-electron chi connectivity index (χ2n) is 7.33. The smallest absolute Gasteiger partial charge is 0.167 e. The highest BCUT2D eigenvalue weighted by Gasteiger charge is 2.30. The number of piperidine rings is 1. The van der Waals surface area contributed by atoms with Gasteiger partial charge in [-0.2, -0.15) is 0 Å². The van der Waals surface area contributed by atoms with Gasteiger partial charge >= 0.3 is 0 Å². The molecule has 1 saturated carbocycles. The van der Waals surface area contributed by atoms with Gasteiger partial charge in [0.2, 0.25) is 0 Å². The summed E-state index contributed by atoms with van der Waals surface area (Å²) in [7, 11) is 1.68. The second-order valence-corrected chi connectivity index (χ2v) is 7.33. The van der Waals surface area contributed by atoms with E-state index in [0.29, 0.717) is 5.78 Å². The van der Waals surface area contributed by atoms with Crippen LogP contribution >= 0.6 is 0 Å². The molecule has 4 heteroatoms. The predicted molar refractivity (Wildman–Crippen MR) is 112 cm³/mol. The first-order valence-corrected chi connectivity index (χ1v) is 9.57. The molecule has 27 heavy (non-hydrogen) atoms. The van der Waals surface area contributed by atoms with Crippen LogP contribution in [-0.2, 0) is 0 Å². The van der Waals surface area contributed by atoms with Crippen LogP contribution in [0.25, 0.3) is 10.8 Å². The maximum atomic E-state index is 13.0. The van der Waals surface area contributed by atoms with Crippen molar-refractivity contribution in [3.63, 3.8) is 0 Å². The number of nitrogens with zero attached hydrogens (tertiary/aromatic N) is 1. The zero-order chi connectivity index (χ0) is 18.5. The number of benzene rings is 2. The van der Waals surface area contributed by atoms with Crippen molar-refractivity contribution in [2.45, 2.75) is 25.7 Å². The summed E-state index contributed by atoms with van der Waals surface area (Å²) in [6.07, 6.45) is 4.93. The van der Waals surface area contributed by atoms with E-state index in [0.717, 1.165) is 53.9 Å². The minimum atomic E-state index is 0. The summed E-state index contributed by atoms with van der Waals surface area (Å²) in [5, 5.41) is 2.22. The quantitative estimate of drug-likeness (QED) is 0.588. The number of Topliss-reactive ketones (excluding diaryl/α,β-unsaturated/α-hetero) is 1. The molecule has 0 amide bonds. The number of likely N-dealkylation sites (tertiary alicyclic amines) is 1. The van der Waals surface area contributed by atoms with Crippen molar-refractivity contribution in [3.8, 4) is 5.75 Å². The molecule has 146 valence electrons. The number of ketones is 1. The molecule has 2 aliphatic rings. The lowest BCUT2D eigenvalue weighted by atomic mass is 9.89. The third kappa shape index (κ3) is 5.18. The number of hydrogen-bond donors (Lipinski definition) is 0. The van der Waals surface area contributed by atoms with Crippen LogP contribution in [0, 0.1) is 11.8 Å². The van der Waals surface area contributed by atoms with E-state index in [1.165, 1.54) is 19.4 Å². The van der Waals surface area contributed by atoms with E-state index in [1.807, 2.05) is 36.4 Å². The standard InChI is InChI=1S/C21H25NO2.C2H4.H2O/c1-24-20-9-8-16-11-18(7-6-17(16)12-20)21(23)19-3-2-10-22(14-19)13-15-4-5-15;1-2;/h6-9,11-12,15,19H,2-5,10,13-14H2,1H3;1-2H2;1H2. The van der Waals surface area contributed by atoms with E-state index in [2.05, 4.69) is 18.1 Å². The molecule has 2 N–H and O–H groups in total. The first-order chi connectivity index (χ1) is 12.7. The summed E-state index contributed by atoms with van der Waals surface area (Å²) in [5.74, 6) is 2.22. The average Bonchev–Trinajstić information content (AvgIpc) is 3.52. The first kappa shape index (κ1) is 21.1. The second kappa shape index (κ2) is 9.67. The Hall–Kier alpha value is -2.17. The van der Waals surface area contributed by atoms with E-state index in [4.69, 9.17) is 4.74 Å². The fraction of sp³-hybridized carbons (Fsp3) is 0.435. The largest absolute Gasteiger partial charge is 0.497 e. The Bertz CT molecular complexity index is 769. The van der Waals surface area contributed by atoms with E-state index in [-0.39, 0.29) is 11.4 Å². The molecule has 1 aliphatic carbocycles. The summed E-state index contributed by atoms with van der Waals surface area (Å²) in [6, 6.07) is 12.1. The van der Waals surface area contributed by atoms with Gasteiger partial charge in [0.15, 0.2) is 5.78 Å². The molecule has 1 saturated heterocycles. The van der Waals surface area contributed by atoms with Gasteiger partial charge in [-0.15, -0.1) is 13.2 Å². The Balaban J connectivity index is 0.000000844. The molecule has 2 aromatic rings. The van der Waals surface area contributed by atoms with Gasteiger partial charge in [0.1, 0.15) is 5.75 Å². The molecule has 4 rings (SSSR count). The molecule has 1 aliphatic heterocycles. The van der Waals surface area contributed by atoms with Crippen molar-refractivity contribution >= 4 is 16.6 Å². The Morgan fingerprint density at radius 3 is 2.52 bits per heavy atom. The maximum Gasteiger partial charge on any atom is 0.167 e. The molecule has 4 nitrogen and oxygen atoms in total. The van der Waals surface area contributed by atoms with E-state index >= 15 is 0 Å². The van der Waals surface area contributed by atoms with Gasteiger partial charge in [-0.3, -0.25) is 4.79 Å². The van der Waals surface area contributed by atoms with Gasteiger partial charge in [0.05, 0.1) is 7.11 Å². The molecule has 0 aromatic heterocycles. The van der Waals surface area contributed by atoms with Gasteiger partial charge in [0.25, 0.3) is 0 Å². The van der Waals surface area contributed by atoms with E-state index < -0.39 is 0 Å². The fourth-order valence-corrected chi connectivity index (χ4v) is 3.84. The van der Waals surface area contributed by atoms with Crippen LogP contribution in [0.5, 0.6) is 5.75 Å². The van der Waals surface area contributed by atoms with Crippen LogP contribution < -0.4 is 4.74 Å². The molecule has 0 radical (unpaired) electrons. The number of carbonyl (C=O) groups is 1. The van der Waals surface area contributed by atoms with Crippen LogP contribution in [0.3, 0.4) is 0 Å². The molecule has 1 atom stereocenters. The van der Waals surface area contributed by atoms with Crippen molar-refractivity contribution in [1.29, 1.82) is 0 Å². The summed E-state index contributed by atoms with van der Waals surface area (Å²) in [4.78, 5) is 15.5. The predicted octanol–water partition coefficient (Wildman–Crippen LogP) is 4.13. The molecular weight excluding hydrogens is 338 g/mol. The van der Waals surface area contributed by atoms with Crippen LogP contribution in [0.2, 0.25) is 0 Å². The lowest BCUT2D eigenvalue weighted by Gasteiger charge is -2.32. The van der Waals surface area contributed by atoms with Crippen LogP contribution in [0.15, 0.2) is 49.6 Å². The third-order valence-corrected chi connectivity index (χ3v) is 5.42. The minimum Gasteiger partial charge on any atom is -0.497 e. The molecular formula is C23H31NO3. The SMILES string of the molecule is C=C.COc1ccc2cc(C(=O)C3CCCN(CC4CC4)C3)ccc2c1.O.